The van der Waals surface area contributed by atoms with Crippen molar-refractivity contribution in [1.82, 2.24) is 0 Å². The Hall–Kier alpha value is -1.38. The standard InChI is InChI=1S/C17H28N2O/c1-4-12-20-16-11-7-10-15(17(16)18)19(3)14-9-6-5-8-13(14)2/h7,10-11,13-14H,4-6,8-9,12,18H2,1-3H3. The zero-order valence-electron chi connectivity index (χ0n) is 13.1. The fourth-order valence-corrected chi connectivity index (χ4v) is 3.23. The van der Waals surface area contributed by atoms with Gasteiger partial charge in [0.1, 0.15) is 5.75 Å². The van der Waals surface area contributed by atoms with Gasteiger partial charge in [0.15, 0.2) is 0 Å². The maximum Gasteiger partial charge on any atom is 0.144 e. The van der Waals surface area contributed by atoms with Crippen LogP contribution in [-0.2, 0) is 0 Å². The van der Waals surface area contributed by atoms with Crippen molar-refractivity contribution >= 4 is 11.4 Å². The molecule has 20 heavy (non-hydrogen) atoms. The highest BCUT2D eigenvalue weighted by atomic mass is 16.5. The van der Waals surface area contributed by atoms with E-state index in [0.717, 1.165) is 36.1 Å². The van der Waals surface area contributed by atoms with Gasteiger partial charge in [0.05, 0.1) is 18.0 Å². The molecule has 0 aromatic heterocycles. The van der Waals surface area contributed by atoms with Crippen LogP contribution in [0.3, 0.4) is 0 Å². The van der Waals surface area contributed by atoms with E-state index < -0.39 is 0 Å². The van der Waals surface area contributed by atoms with E-state index in [1.807, 2.05) is 12.1 Å². The number of nitrogens with two attached hydrogens (primary N) is 1. The first-order chi connectivity index (χ1) is 9.65. The maximum atomic E-state index is 6.31. The first kappa shape index (κ1) is 15.0. The Morgan fingerprint density at radius 1 is 1.30 bits per heavy atom. The molecule has 1 aromatic carbocycles. The number of hydrogen-bond acceptors (Lipinski definition) is 3. The predicted octanol–water partition coefficient (Wildman–Crippen LogP) is 4.07. The molecule has 1 aliphatic carbocycles. The van der Waals surface area contributed by atoms with Crippen LogP contribution in [0.15, 0.2) is 18.2 Å². The Morgan fingerprint density at radius 2 is 2.05 bits per heavy atom. The first-order valence-corrected chi connectivity index (χ1v) is 7.89. The van der Waals surface area contributed by atoms with E-state index in [4.69, 9.17) is 10.5 Å². The van der Waals surface area contributed by atoms with Crippen molar-refractivity contribution in [3.05, 3.63) is 18.2 Å². The van der Waals surface area contributed by atoms with Gasteiger partial charge in [0, 0.05) is 13.1 Å². The van der Waals surface area contributed by atoms with E-state index >= 15 is 0 Å². The summed E-state index contributed by atoms with van der Waals surface area (Å²) in [7, 11) is 2.17. The average molecular weight is 276 g/mol. The number of hydrogen-bond donors (Lipinski definition) is 1. The highest BCUT2D eigenvalue weighted by Gasteiger charge is 2.26. The van der Waals surface area contributed by atoms with Crippen LogP contribution >= 0.6 is 0 Å². The van der Waals surface area contributed by atoms with Crippen LogP contribution in [0.5, 0.6) is 5.75 Å². The van der Waals surface area contributed by atoms with Crippen molar-refractivity contribution in [2.45, 2.75) is 52.0 Å². The van der Waals surface area contributed by atoms with Gasteiger partial charge in [-0.25, -0.2) is 0 Å². The van der Waals surface area contributed by atoms with E-state index in [-0.39, 0.29) is 0 Å². The summed E-state index contributed by atoms with van der Waals surface area (Å²) in [4.78, 5) is 2.36. The van der Waals surface area contributed by atoms with Gasteiger partial charge in [-0.1, -0.05) is 32.8 Å². The highest BCUT2D eigenvalue weighted by Crippen LogP contribution is 2.36. The topological polar surface area (TPSA) is 38.5 Å². The Labute approximate surface area is 123 Å². The molecule has 112 valence electrons. The second kappa shape index (κ2) is 6.87. The average Bonchev–Trinajstić information content (AvgIpc) is 2.46. The first-order valence-electron chi connectivity index (χ1n) is 7.89. The number of benzene rings is 1. The zero-order chi connectivity index (χ0) is 14.5. The third kappa shape index (κ3) is 3.20. The molecule has 0 heterocycles. The Kier molecular flexibility index (Phi) is 5.16. The van der Waals surface area contributed by atoms with E-state index in [9.17, 15) is 0 Å². The van der Waals surface area contributed by atoms with Crippen LogP contribution in [-0.4, -0.2) is 19.7 Å². The van der Waals surface area contributed by atoms with Gasteiger partial charge in [-0.3, -0.25) is 0 Å². The molecule has 0 bridgehead atoms. The minimum Gasteiger partial charge on any atom is -0.491 e. The largest absolute Gasteiger partial charge is 0.491 e. The number of nitrogens with zero attached hydrogens (tertiary/aromatic N) is 1. The van der Waals surface area contributed by atoms with E-state index in [1.54, 1.807) is 0 Å². The molecule has 2 N–H and O–H groups in total. The number of rotatable bonds is 5. The fourth-order valence-electron chi connectivity index (χ4n) is 3.23. The van der Waals surface area contributed by atoms with Crippen LogP contribution in [0.4, 0.5) is 11.4 Å². The van der Waals surface area contributed by atoms with Gasteiger partial charge in [-0.15, -0.1) is 0 Å². The Morgan fingerprint density at radius 3 is 2.75 bits per heavy atom. The molecule has 2 atom stereocenters. The molecule has 2 rings (SSSR count). The molecule has 2 unspecified atom stereocenters. The predicted molar refractivity (Wildman–Crippen MR) is 86.5 cm³/mol. The van der Waals surface area contributed by atoms with Crippen molar-refractivity contribution in [1.29, 1.82) is 0 Å². The lowest BCUT2D eigenvalue weighted by atomic mass is 9.85. The molecule has 1 aromatic rings. The molecule has 0 amide bonds. The van der Waals surface area contributed by atoms with E-state index in [1.165, 1.54) is 25.7 Å². The highest BCUT2D eigenvalue weighted by molar-refractivity contribution is 5.74. The van der Waals surface area contributed by atoms with Crippen molar-refractivity contribution in [2.75, 3.05) is 24.3 Å². The molecule has 3 nitrogen and oxygen atoms in total. The number of nitrogen functional groups attached to an aromatic ring is 1. The molecule has 1 saturated carbocycles. The summed E-state index contributed by atoms with van der Waals surface area (Å²) in [5.41, 5.74) is 8.20. The molecule has 0 spiro atoms. The lowest BCUT2D eigenvalue weighted by molar-refractivity contribution is 0.316. The lowest BCUT2D eigenvalue weighted by Crippen LogP contribution is -2.39. The van der Waals surface area contributed by atoms with Gasteiger partial charge in [0.2, 0.25) is 0 Å². The van der Waals surface area contributed by atoms with Gasteiger partial charge in [0.25, 0.3) is 0 Å². The molecule has 0 aliphatic heterocycles. The Balaban J connectivity index is 2.18. The summed E-state index contributed by atoms with van der Waals surface area (Å²) in [6, 6.07) is 6.70. The monoisotopic (exact) mass is 276 g/mol. The summed E-state index contributed by atoms with van der Waals surface area (Å²) in [5.74, 6) is 1.55. The maximum absolute atomic E-state index is 6.31. The van der Waals surface area contributed by atoms with Crippen LogP contribution < -0.4 is 15.4 Å². The number of anilines is 2. The number of ether oxygens (including phenoxy) is 1. The summed E-state index contributed by atoms with van der Waals surface area (Å²) >= 11 is 0. The second-order valence-corrected chi connectivity index (χ2v) is 5.98. The van der Waals surface area contributed by atoms with Crippen molar-refractivity contribution in [3.63, 3.8) is 0 Å². The SMILES string of the molecule is CCCOc1cccc(N(C)C2CCCCC2C)c1N. The van der Waals surface area contributed by atoms with Crippen LogP contribution in [0, 0.1) is 5.92 Å². The molecule has 0 saturated heterocycles. The molecule has 1 aliphatic rings. The van der Waals surface area contributed by atoms with E-state index in [2.05, 4.69) is 31.9 Å². The molecule has 3 heteroatoms. The van der Waals surface area contributed by atoms with Crippen molar-refractivity contribution in [3.8, 4) is 5.75 Å². The van der Waals surface area contributed by atoms with Gasteiger partial charge < -0.3 is 15.4 Å². The third-order valence-electron chi connectivity index (χ3n) is 4.45. The minimum atomic E-state index is 0.590. The normalized spacial score (nSPS) is 22.6. The van der Waals surface area contributed by atoms with Crippen LogP contribution in [0.25, 0.3) is 0 Å². The molecular weight excluding hydrogens is 248 g/mol. The van der Waals surface area contributed by atoms with Gasteiger partial charge in [-0.2, -0.15) is 0 Å². The lowest BCUT2D eigenvalue weighted by Gasteiger charge is -2.38. The number of para-hydroxylation sites is 1. The van der Waals surface area contributed by atoms with Crippen molar-refractivity contribution in [2.24, 2.45) is 5.92 Å². The summed E-state index contributed by atoms with van der Waals surface area (Å²) < 4.78 is 5.74. The fraction of sp³-hybridized carbons (Fsp3) is 0.647. The zero-order valence-corrected chi connectivity index (χ0v) is 13.1. The molecule has 0 radical (unpaired) electrons. The van der Waals surface area contributed by atoms with Crippen molar-refractivity contribution < 1.29 is 4.74 Å². The molecular formula is C17H28N2O. The molecule has 1 fully saturated rings. The Bertz CT molecular complexity index is 433. The van der Waals surface area contributed by atoms with Crippen LogP contribution in [0.1, 0.15) is 46.0 Å². The van der Waals surface area contributed by atoms with Crippen LogP contribution in [0.2, 0.25) is 0 Å². The summed E-state index contributed by atoms with van der Waals surface area (Å²) in [6.07, 6.45) is 6.27. The quantitative estimate of drug-likeness (QED) is 0.824. The smallest absolute Gasteiger partial charge is 0.144 e. The summed E-state index contributed by atoms with van der Waals surface area (Å²) in [5, 5.41) is 0. The van der Waals surface area contributed by atoms with E-state index in [0.29, 0.717) is 6.04 Å². The third-order valence-corrected chi connectivity index (χ3v) is 4.45. The minimum absolute atomic E-state index is 0.590. The summed E-state index contributed by atoms with van der Waals surface area (Å²) in [6.45, 7) is 5.18. The van der Waals surface area contributed by atoms with Gasteiger partial charge >= 0.3 is 0 Å². The van der Waals surface area contributed by atoms with Gasteiger partial charge in [-0.05, 0) is 37.3 Å². The second-order valence-electron chi connectivity index (χ2n) is 5.98.